The SMILES string of the molecule is COc1ccc(OC)c(/C=C(\NC(=O)c2ccccc2)C(=O)Nc2ccc(SC(C(=O)Nc3ccc(F)cc3)c3ccccc3)cc2)c1. The smallest absolute Gasteiger partial charge is 0.272 e. The van der Waals surface area contributed by atoms with Crippen molar-refractivity contribution in [3.8, 4) is 11.5 Å². The molecular formula is C38H32FN3O5S. The fourth-order valence-electron chi connectivity index (χ4n) is 4.64. The number of rotatable bonds is 12. The van der Waals surface area contributed by atoms with Crippen LogP contribution in [0.4, 0.5) is 15.8 Å². The lowest BCUT2D eigenvalue weighted by Gasteiger charge is -2.17. The van der Waals surface area contributed by atoms with Crippen LogP contribution in [0.2, 0.25) is 0 Å². The Balaban J connectivity index is 1.36. The Morgan fingerprint density at radius 1 is 0.729 bits per heavy atom. The Bertz CT molecular complexity index is 1900. The average molecular weight is 662 g/mol. The van der Waals surface area contributed by atoms with Crippen LogP contribution in [0.1, 0.15) is 26.7 Å². The van der Waals surface area contributed by atoms with Gasteiger partial charge in [0, 0.05) is 27.4 Å². The molecule has 3 amide bonds. The molecule has 5 rings (SSSR count). The van der Waals surface area contributed by atoms with Crippen molar-refractivity contribution in [3.05, 3.63) is 156 Å². The van der Waals surface area contributed by atoms with Gasteiger partial charge in [-0.15, -0.1) is 11.8 Å². The van der Waals surface area contributed by atoms with Gasteiger partial charge >= 0.3 is 0 Å². The zero-order valence-electron chi connectivity index (χ0n) is 26.1. The van der Waals surface area contributed by atoms with Crippen LogP contribution >= 0.6 is 11.8 Å². The second kappa shape index (κ2) is 16.1. The Morgan fingerprint density at radius 3 is 2.00 bits per heavy atom. The molecule has 0 aliphatic rings. The summed E-state index contributed by atoms with van der Waals surface area (Å²) >= 11 is 1.33. The lowest BCUT2D eigenvalue weighted by Crippen LogP contribution is -2.30. The third kappa shape index (κ3) is 8.89. The molecule has 0 bridgehead atoms. The number of anilines is 2. The van der Waals surface area contributed by atoms with Crippen molar-refractivity contribution < 1.29 is 28.2 Å². The molecule has 8 nitrogen and oxygen atoms in total. The van der Waals surface area contributed by atoms with Crippen molar-refractivity contribution in [3.63, 3.8) is 0 Å². The summed E-state index contributed by atoms with van der Waals surface area (Å²) in [5.41, 5.74) is 2.62. The lowest BCUT2D eigenvalue weighted by molar-refractivity contribution is -0.116. The van der Waals surface area contributed by atoms with Crippen LogP contribution < -0.4 is 25.4 Å². The molecule has 0 heterocycles. The van der Waals surface area contributed by atoms with E-state index in [4.69, 9.17) is 9.47 Å². The number of amides is 3. The largest absolute Gasteiger partial charge is 0.497 e. The normalized spacial score (nSPS) is 11.6. The van der Waals surface area contributed by atoms with Crippen LogP contribution in [-0.4, -0.2) is 31.9 Å². The van der Waals surface area contributed by atoms with Gasteiger partial charge < -0.3 is 25.4 Å². The summed E-state index contributed by atoms with van der Waals surface area (Å²) in [6, 6.07) is 35.6. The van der Waals surface area contributed by atoms with Gasteiger partial charge in [0.05, 0.1) is 14.2 Å². The van der Waals surface area contributed by atoms with E-state index in [1.54, 1.807) is 72.8 Å². The van der Waals surface area contributed by atoms with Crippen molar-refractivity contribution in [2.75, 3.05) is 24.9 Å². The van der Waals surface area contributed by atoms with Gasteiger partial charge in [-0.05, 0) is 90.5 Å². The van der Waals surface area contributed by atoms with E-state index in [0.717, 1.165) is 10.5 Å². The maximum absolute atomic E-state index is 13.6. The summed E-state index contributed by atoms with van der Waals surface area (Å²) in [4.78, 5) is 40.9. The lowest BCUT2D eigenvalue weighted by atomic mass is 10.1. The predicted molar refractivity (Wildman–Crippen MR) is 187 cm³/mol. The first-order valence-corrected chi connectivity index (χ1v) is 15.7. The highest BCUT2D eigenvalue weighted by molar-refractivity contribution is 8.00. The first-order chi connectivity index (χ1) is 23.3. The molecule has 0 saturated heterocycles. The van der Waals surface area contributed by atoms with Gasteiger partial charge in [-0.25, -0.2) is 4.39 Å². The monoisotopic (exact) mass is 661 g/mol. The summed E-state index contributed by atoms with van der Waals surface area (Å²) < 4.78 is 24.2. The van der Waals surface area contributed by atoms with E-state index in [9.17, 15) is 18.8 Å². The van der Waals surface area contributed by atoms with E-state index in [-0.39, 0.29) is 11.6 Å². The van der Waals surface area contributed by atoms with Gasteiger partial charge in [-0.1, -0.05) is 48.5 Å². The van der Waals surface area contributed by atoms with Crippen LogP contribution in [0.25, 0.3) is 6.08 Å². The molecule has 0 radical (unpaired) electrons. The molecule has 242 valence electrons. The maximum Gasteiger partial charge on any atom is 0.272 e. The highest BCUT2D eigenvalue weighted by Gasteiger charge is 2.23. The summed E-state index contributed by atoms with van der Waals surface area (Å²) in [6.07, 6.45) is 1.52. The van der Waals surface area contributed by atoms with Crippen LogP contribution in [0.3, 0.4) is 0 Å². The molecule has 5 aromatic carbocycles. The molecule has 1 atom stereocenters. The number of hydrogen-bond acceptors (Lipinski definition) is 6. The molecule has 0 aromatic heterocycles. The Labute approximate surface area is 282 Å². The highest BCUT2D eigenvalue weighted by atomic mass is 32.2. The molecule has 0 saturated carbocycles. The van der Waals surface area contributed by atoms with E-state index < -0.39 is 22.9 Å². The molecule has 0 aliphatic carbocycles. The number of methoxy groups -OCH3 is 2. The number of carbonyl (C=O) groups is 3. The standard InChI is InChI=1S/C38H32FN3O5S/c1-46-31-19-22-34(47-2)27(23-31)24-33(42-36(43)26-11-7-4-8-12-26)37(44)40-30-17-20-32(21-18-30)48-35(25-9-5-3-6-10-25)38(45)41-29-15-13-28(39)14-16-29/h3-24,35H,1-2H3,(H,40,44)(H,41,45)(H,42,43)/b33-24-. The zero-order valence-corrected chi connectivity index (χ0v) is 26.9. The first kappa shape index (κ1) is 33.5. The molecule has 5 aromatic rings. The van der Waals surface area contributed by atoms with Crippen LogP contribution in [-0.2, 0) is 9.59 Å². The number of ether oxygens (including phenoxy) is 2. The Hall–Kier alpha value is -5.87. The predicted octanol–water partition coefficient (Wildman–Crippen LogP) is 7.72. The molecule has 0 spiro atoms. The quantitative estimate of drug-likeness (QED) is 0.0934. The van der Waals surface area contributed by atoms with Gasteiger partial charge in [0.1, 0.15) is 28.3 Å². The number of halogens is 1. The fourth-order valence-corrected chi connectivity index (χ4v) is 5.67. The Kier molecular flexibility index (Phi) is 11.2. The third-order valence-corrected chi connectivity index (χ3v) is 8.35. The second-order valence-electron chi connectivity index (χ2n) is 10.4. The number of hydrogen-bond donors (Lipinski definition) is 3. The van der Waals surface area contributed by atoms with Crippen molar-refractivity contribution in [2.24, 2.45) is 0 Å². The second-order valence-corrected chi connectivity index (χ2v) is 11.5. The number of benzene rings is 5. The third-order valence-electron chi connectivity index (χ3n) is 7.08. The summed E-state index contributed by atoms with van der Waals surface area (Å²) in [7, 11) is 3.04. The van der Waals surface area contributed by atoms with Gasteiger partial charge in [-0.3, -0.25) is 14.4 Å². The molecule has 10 heteroatoms. The zero-order chi connectivity index (χ0) is 33.9. The summed E-state index contributed by atoms with van der Waals surface area (Å²) in [6.45, 7) is 0. The first-order valence-electron chi connectivity index (χ1n) is 14.8. The molecule has 48 heavy (non-hydrogen) atoms. The minimum atomic E-state index is -0.614. The summed E-state index contributed by atoms with van der Waals surface area (Å²) in [5.74, 6) is -0.665. The van der Waals surface area contributed by atoms with Crippen molar-refractivity contribution in [2.45, 2.75) is 10.1 Å². The van der Waals surface area contributed by atoms with Gasteiger partial charge in [0.15, 0.2) is 0 Å². The number of carbonyl (C=O) groups excluding carboxylic acids is 3. The maximum atomic E-state index is 13.6. The highest BCUT2D eigenvalue weighted by Crippen LogP contribution is 2.37. The van der Waals surface area contributed by atoms with Gasteiger partial charge in [0.2, 0.25) is 5.91 Å². The molecule has 0 fully saturated rings. The summed E-state index contributed by atoms with van der Waals surface area (Å²) in [5, 5.41) is 7.82. The van der Waals surface area contributed by atoms with Crippen molar-refractivity contribution in [1.82, 2.24) is 5.32 Å². The fraction of sp³-hybridized carbons (Fsp3) is 0.0789. The van der Waals surface area contributed by atoms with E-state index >= 15 is 0 Å². The number of thioether (sulfide) groups is 1. The number of nitrogens with one attached hydrogen (secondary N) is 3. The minimum absolute atomic E-state index is 0.0181. The molecular weight excluding hydrogens is 629 g/mol. The van der Waals surface area contributed by atoms with Gasteiger partial charge in [0.25, 0.3) is 11.8 Å². The molecule has 1 unspecified atom stereocenters. The van der Waals surface area contributed by atoms with Crippen LogP contribution in [0, 0.1) is 5.82 Å². The minimum Gasteiger partial charge on any atom is -0.497 e. The van der Waals surface area contributed by atoms with E-state index in [1.165, 1.54) is 56.3 Å². The van der Waals surface area contributed by atoms with E-state index in [0.29, 0.717) is 34.0 Å². The van der Waals surface area contributed by atoms with E-state index in [1.807, 2.05) is 30.3 Å². The van der Waals surface area contributed by atoms with Crippen LogP contribution in [0.15, 0.2) is 138 Å². The average Bonchev–Trinajstić information content (AvgIpc) is 3.12. The van der Waals surface area contributed by atoms with Crippen molar-refractivity contribution in [1.29, 1.82) is 0 Å². The van der Waals surface area contributed by atoms with Crippen LogP contribution in [0.5, 0.6) is 11.5 Å². The van der Waals surface area contributed by atoms with Crippen molar-refractivity contribution >= 4 is 46.9 Å². The molecule has 0 aliphatic heterocycles. The van der Waals surface area contributed by atoms with Gasteiger partial charge in [-0.2, -0.15) is 0 Å². The van der Waals surface area contributed by atoms with E-state index in [2.05, 4.69) is 16.0 Å². The molecule has 3 N–H and O–H groups in total. The Morgan fingerprint density at radius 2 is 1.35 bits per heavy atom. The topological polar surface area (TPSA) is 106 Å².